The molecule has 0 radical (unpaired) electrons. The monoisotopic (exact) mass is 243 g/mol. The average Bonchev–Trinajstić information content (AvgIpc) is 3.17. The summed E-state index contributed by atoms with van der Waals surface area (Å²) in [6.07, 6.45) is 7.10. The Morgan fingerprint density at radius 2 is 2.12 bits per heavy atom. The molecule has 3 heteroatoms. The van der Waals surface area contributed by atoms with Crippen LogP contribution >= 0.6 is 0 Å². The van der Waals surface area contributed by atoms with E-state index in [4.69, 9.17) is 10.5 Å². The van der Waals surface area contributed by atoms with E-state index < -0.39 is 5.60 Å². The van der Waals surface area contributed by atoms with E-state index in [0.717, 1.165) is 25.9 Å². The molecule has 0 aromatic carbocycles. The molecule has 1 saturated carbocycles. The summed E-state index contributed by atoms with van der Waals surface area (Å²) in [4.78, 5) is 0. The van der Waals surface area contributed by atoms with Crippen LogP contribution in [0.15, 0.2) is 0 Å². The van der Waals surface area contributed by atoms with Crippen molar-refractivity contribution in [3.05, 3.63) is 0 Å². The minimum atomic E-state index is -0.761. The Hall–Kier alpha value is -0.120. The second-order valence-corrected chi connectivity index (χ2v) is 5.51. The zero-order chi connectivity index (χ0) is 12.7. The molecule has 17 heavy (non-hydrogen) atoms. The van der Waals surface area contributed by atoms with Gasteiger partial charge in [0.1, 0.15) is 5.60 Å². The summed E-state index contributed by atoms with van der Waals surface area (Å²) >= 11 is 0. The standard InChI is InChI=1S/C14H29NO2/c1-3-5-6-12(4-2)9-17-11-14(16,10-15)13-7-8-13/h12-13,16H,3-11,15H2,1-2H3. The zero-order valence-electron chi connectivity index (χ0n) is 11.5. The molecule has 2 unspecified atom stereocenters. The van der Waals surface area contributed by atoms with Crippen molar-refractivity contribution in [2.75, 3.05) is 19.8 Å². The van der Waals surface area contributed by atoms with Crippen molar-refractivity contribution in [2.45, 2.75) is 58.0 Å². The summed E-state index contributed by atoms with van der Waals surface area (Å²) in [5.41, 5.74) is 4.89. The van der Waals surface area contributed by atoms with Crippen molar-refractivity contribution in [3.63, 3.8) is 0 Å². The number of unbranched alkanes of at least 4 members (excludes halogenated alkanes) is 1. The first kappa shape index (κ1) is 14.9. The molecule has 3 N–H and O–H groups in total. The lowest BCUT2D eigenvalue weighted by atomic mass is 9.98. The molecule has 3 nitrogen and oxygen atoms in total. The largest absolute Gasteiger partial charge is 0.386 e. The molecule has 1 fully saturated rings. The third-order valence-electron chi connectivity index (χ3n) is 3.94. The van der Waals surface area contributed by atoms with Crippen molar-refractivity contribution >= 4 is 0 Å². The Labute approximate surface area is 106 Å². The molecule has 0 aliphatic heterocycles. The lowest BCUT2D eigenvalue weighted by Crippen LogP contribution is -2.44. The number of ether oxygens (including phenoxy) is 1. The Morgan fingerprint density at radius 1 is 1.41 bits per heavy atom. The molecule has 2 atom stereocenters. The predicted octanol–water partition coefficient (Wildman–Crippen LogP) is 2.32. The molecule has 0 aromatic rings. The van der Waals surface area contributed by atoms with E-state index in [-0.39, 0.29) is 0 Å². The number of hydrogen-bond acceptors (Lipinski definition) is 3. The van der Waals surface area contributed by atoms with E-state index >= 15 is 0 Å². The molecule has 1 rings (SSSR count). The van der Waals surface area contributed by atoms with Crippen LogP contribution in [0.3, 0.4) is 0 Å². The van der Waals surface area contributed by atoms with Crippen LogP contribution in [-0.4, -0.2) is 30.5 Å². The van der Waals surface area contributed by atoms with Crippen molar-refractivity contribution in [2.24, 2.45) is 17.6 Å². The normalized spacial score (nSPS) is 21.2. The Bertz CT molecular complexity index is 206. The maximum atomic E-state index is 10.3. The lowest BCUT2D eigenvalue weighted by Gasteiger charge is -2.27. The first-order valence-corrected chi connectivity index (χ1v) is 7.16. The highest BCUT2D eigenvalue weighted by Crippen LogP contribution is 2.39. The van der Waals surface area contributed by atoms with Gasteiger partial charge in [0.05, 0.1) is 6.61 Å². The fraction of sp³-hybridized carbons (Fsp3) is 1.00. The second kappa shape index (κ2) is 7.34. The van der Waals surface area contributed by atoms with Crippen molar-refractivity contribution in [1.82, 2.24) is 0 Å². The topological polar surface area (TPSA) is 55.5 Å². The summed E-state index contributed by atoms with van der Waals surface area (Å²) in [6.45, 7) is 5.93. The first-order valence-electron chi connectivity index (χ1n) is 7.16. The van der Waals surface area contributed by atoms with Crippen molar-refractivity contribution < 1.29 is 9.84 Å². The molecule has 0 spiro atoms. The smallest absolute Gasteiger partial charge is 0.103 e. The van der Waals surface area contributed by atoms with Gasteiger partial charge < -0.3 is 15.6 Å². The number of rotatable bonds is 10. The van der Waals surface area contributed by atoms with Gasteiger partial charge in [0, 0.05) is 13.2 Å². The van der Waals surface area contributed by atoms with Crippen LogP contribution in [0, 0.1) is 11.8 Å². The molecule has 0 heterocycles. The van der Waals surface area contributed by atoms with Gasteiger partial charge in [-0.1, -0.05) is 33.1 Å². The van der Waals surface area contributed by atoms with E-state index in [2.05, 4.69) is 13.8 Å². The van der Waals surface area contributed by atoms with Gasteiger partial charge in [0.15, 0.2) is 0 Å². The Morgan fingerprint density at radius 3 is 2.59 bits per heavy atom. The molecule has 1 aliphatic carbocycles. The minimum Gasteiger partial charge on any atom is -0.386 e. The summed E-state index contributed by atoms with van der Waals surface area (Å²) in [5, 5.41) is 10.3. The molecular formula is C14H29NO2. The fourth-order valence-electron chi connectivity index (χ4n) is 2.26. The minimum absolute atomic E-state index is 0.323. The van der Waals surface area contributed by atoms with Gasteiger partial charge in [-0.05, 0) is 31.1 Å². The SMILES string of the molecule is CCCCC(CC)COCC(O)(CN)C1CC1. The van der Waals surface area contributed by atoms with Crippen LogP contribution in [0.5, 0.6) is 0 Å². The van der Waals surface area contributed by atoms with Crippen LogP contribution in [0.1, 0.15) is 52.4 Å². The highest BCUT2D eigenvalue weighted by Gasteiger charge is 2.42. The number of hydrogen-bond donors (Lipinski definition) is 2. The average molecular weight is 243 g/mol. The van der Waals surface area contributed by atoms with Crippen LogP contribution in [0.25, 0.3) is 0 Å². The van der Waals surface area contributed by atoms with Gasteiger partial charge >= 0.3 is 0 Å². The summed E-state index contributed by atoms with van der Waals surface area (Å²) in [7, 11) is 0. The van der Waals surface area contributed by atoms with E-state index in [1.54, 1.807) is 0 Å². The summed E-state index contributed by atoms with van der Waals surface area (Å²) < 4.78 is 5.71. The molecule has 0 aromatic heterocycles. The molecule has 0 bridgehead atoms. The molecule has 0 amide bonds. The van der Waals surface area contributed by atoms with Crippen LogP contribution in [0.2, 0.25) is 0 Å². The number of nitrogens with two attached hydrogens (primary N) is 1. The van der Waals surface area contributed by atoms with Gasteiger partial charge in [0.25, 0.3) is 0 Å². The Kier molecular flexibility index (Phi) is 6.45. The van der Waals surface area contributed by atoms with Gasteiger partial charge in [-0.25, -0.2) is 0 Å². The van der Waals surface area contributed by atoms with E-state index in [1.807, 2.05) is 0 Å². The third-order valence-corrected chi connectivity index (χ3v) is 3.94. The molecule has 1 aliphatic rings. The second-order valence-electron chi connectivity index (χ2n) is 5.51. The van der Waals surface area contributed by atoms with E-state index in [1.165, 1.54) is 19.3 Å². The summed E-state index contributed by atoms with van der Waals surface area (Å²) in [6, 6.07) is 0. The van der Waals surface area contributed by atoms with Crippen LogP contribution in [-0.2, 0) is 4.74 Å². The number of aliphatic hydroxyl groups is 1. The third kappa shape index (κ3) is 4.94. The van der Waals surface area contributed by atoms with Crippen LogP contribution in [0.4, 0.5) is 0 Å². The van der Waals surface area contributed by atoms with Crippen molar-refractivity contribution in [3.8, 4) is 0 Å². The highest BCUT2D eigenvalue weighted by molar-refractivity contribution is 4.95. The van der Waals surface area contributed by atoms with Gasteiger partial charge in [-0.2, -0.15) is 0 Å². The molecular weight excluding hydrogens is 214 g/mol. The Balaban J connectivity index is 2.20. The summed E-state index contributed by atoms with van der Waals surface area (Å²) in [5.74, 6) is 1.01. The zero-order valence-corrected chi connectivity index (χ0v) is 11.5. The maximum absolute atomic E-state index is 10.3. The lowest BCUT2D eigenvalue weighted by molar-refractivity contribution is -0.0627. The molecule has 0 saturated heterocycles. The predicted molar refractivity (Wildman–Crippen MR) is 70.9 cm³/mol. The van der Waals surface area contributed by atoms with Crippen molar-refractivity contribution in [1.29, 1.82) is 0 Å². The van der Waals surface area contributed by atoms with Crippen LogP contribution < -0.4 is 5.73 Å². The highest BCUT2D eigenvalue weighted by atomic mass is 16.5. The maximum Gasteiger partial charge on any atom is 0.103 e. The van der Waals surface area contributed by atoms with Gasteiger partial charge in [-0.3, -0.25) is 0 Å². The van der Waals surface area contributed by atoms with Gasteiger partial charge in [-0.15, -0.1) is 0 Å². The quantitative estimate of drug-likeness (QED) is 0.619. The molecule has 102 valence electrons. The van der Waals surface area contributed by atoms with Gasteiger partial charge in [0.2, 0.25) is 0 Å². The van der Waals surface area contributed by atoms with E-state index in [9.17, 15) is 5.11 Å². The fourth-order valence-corrected chi connectivity index (χ4v) is 2.26. The first-order chi connectivity index (χ1) is 8.16. The van der Waals surface area contributed by atoms with E-state index in [0.29, 0.717) is 25.0 Å².